The summed E-state index contributed by atoms with van der Waals surface area (Å²) in [6.07, 6.45) is 4.54. The summed E-state index contributed by atoms with van der Waals surface area (Å²) >= 11 is 0. The molecule has 0 saturated heterocycles. The van der Waals surface area contributed by atoms with Gasteiger partial charge in [0.1, 0.15) is 0 Å². The largest absolute Gasteiger partial charge is 0.293 e. The molecule has 0 N–H and O–H groups in total. The van der Waals surface area contributed by atoms with Crippen LogP contribution in [0.15, 0.2) is 54.7 Å². The molecule has 0 aliphatic rings. The van der Waals surface area contributed by atoms with Gasteiger partial charge in [-0.3, -0.25) is 9.78 Å². The topological polar surface area (TPSA) is 77.5 Å². The molecule has 1 unspecified atom stereocenters. The smallest absolute Gasteiger partial charge is 0.178 e. The lowest BCUT2D eigenvalue weighted by Crippen LogP contribution is -2.09. The van der Waals surface area contributed by atoms with Gasteiger partial charge in [0.25, 0.3) is 0 Å². The average molecular weight is 273 g/mol. The third kappa shape index (κ3) is 3.62. The van der Waals surface area contributed by atoms with Crippen molar-refractivity contribution < 1.29 is 4.79 Å². The molecule has 2 aromatic rings. The van der Waals surface area contributed by atoms with Crippen molar-refractivity contribution in [3.8, 4) is 12.1 Å². The van der Waals surface area contributed by atoms with E-state index in [2.05, 4.69) is 4.98 Å². The maximum Gasteiger partial charge on any atom is 0.178 e. The molecule has 0 aliphatic carbocycles. The number of nitriles is 2. The fourth-order valence-electron chi connectivity index (χ4n) is 1.77. The number of allylic oxidation sites excluding steroid dienone is 1. The van der Waals surface area contributed by atoms with E-state index in [0.29, 0.717) is 11.3 Å². The van der Waals surface area contributed by atoms with Crippen molar-refractivity contribution in [2.75, 3.05) is 0 Å². The number of rotatable bonds is 4. The van der Waals surface area contributed by atoms with E-state index in [4.69, 9.17) is 10.5 Å². The molecule has 0 radical (unpaired) electrons. The summed E-state index contributed by atoms with van der Waals surface area (Å²) in [4.78, 5) is 16.1. The summed E-state index contributed by atoms with van der Waals surface area (Å²) in [6.45, 7) is 0. The number of carbonyl (C=O) groups is 1. The molecular weight excluding hydrogens is 262 g/mol. The molecule has 0 spiro atoms. The van der Waals surface area contributed by atoms with Crippen molar-refractivity contribution in [3.63, 3.8) is 0 Å². The van der Waals surface area contributed by atoms with Gasteiger partial charge in [0.15, 0.2) is 11.7 Å². The Balaban J connectivity index is 2.14. The second-order valence-corrected chi connectivity index (χ2v) is 4.29. The third-order valence-corrected chi connectivity index (χ3v) is 2.88. The van der Waals surface area contributed by atoms with Gasteiger partial charge in [-0.1, -0.05) is 24.3 Å². The van der Waals surface area contributed by atoms with Crippen LogP contribution in [-0.2, 0) is 4.79 Å². The van der Waals surface area contributed by atoms with Crippen LogP contribution in [-0.4, -0.2) is 10.8 Å². The number of benzene rings is 1. The van der Waals surface area contributed by atoms with E-state index in [1.54, 1.807) is 54.7 Å². The summed E-state index contributed by atoms with van der Waals surface area (Å²) < 4.78 is 0. The number of carbonyl (C=O) groups excluding carboxylic acids is 1. The Morgan fingerprint density at radius 2 is 1.90 bits per heavy atom. The first-order valence-electron chi connectivity index (χ1n) is 6.27. The number of hydrogen-bond donors (Lipinski definition) is 0. The Hall–Kier alpha value is -3.24. The molecule has 1 aromatic heterocycles. The maximum atomic E-state index is 12.1. The summed E-state index contributed by atoms with van der Waals surface area (Å²) in [5.74, 6) is -1.22. The number of aromatic nitrogens is 1. The molecule has 1 heterocycles. The van der Waals surface area contributed by atoms with Gasteiger partial charge in [0.2, 0.25) is 0 Å². The fourth-order valence-corrected chi connectivity index (χ4v) is 1.77. The minimum absolute atomic E-state index is 0.319. The zero-order valence-corrected chi connectivity index (χ0v) is 11.1. The highest BCUT2D eigenvalue weighted by Gasteiger charge is 2.18. The average Bonchev–Trinajstić information content (AvgIpc) is 2.55. The first kappa shape index (κ1) is 14.2. The lowest BCUT2D eigenvalue weighted by Gasteiger charge is -2.03. The quantitative estimate of drug-likeness (QED) is 0.802. The Kier molecular flexibility index (Phi) is 4.58. The van der Waals surface area contributed by atoms with Crippen LogP contribution in [0.3, 0.4) is 0 Å². The summed E-state index contributed by atoms with van der Waals surface area (Å²) in [6, 6.07) is 15.9. The van der Waals surface area contributed by atoms with Gasteiger partial charge < -0.3 is 0 Å². The zero-order chi connectivity index (χ0) is 15.1. The van der Waals surface area contributed by atoms with Crippen molar-refractivity contribution in [3.05, 3.63) is 71.6 Å². The minimum atomic E-state index is -0.902. The first-order valence-corrected chi connectivity index (χ1v) is 6.27. The van der Waals surface area contributed by atoms with Crippen molar-refractivity contribution in [1.29, 1.82) is 10.5 Å². The van der Waals surface area contributed by atoms with Crippen LogP contribution in [0.1, 0.15) is 22.7 Å². The number of pyridine rings is 1. The minimum Gasteiger partial charge on any atom is -0.293 e. The van der Waals surface area contributed by atoms with Crippen LogP contribution in [0.25, 0.3) is 6.08 Å². The molecule has 1 aromatic carbocycles. The highest BCUT2D eigenvalue weighted by atomic mass is 16.1. The molecule has 0 fully saturated rings. The zero-order valence-electron chi connectivity index (χ0n) is 11.1. The van der Waals surface area contributed by atoms with Crippen molar-refractivity contribution in [2.45, 2.75) is 5.92 Å². The Morgan fingerprint density at radius 1 is 1.14 bits per heavy atom. The molecule has 100 valence electrons. The van der Waals surface area contributed by atoms with Gasteiger partial charge in [-0.05, 0) is 35.9 Å². The fraction of sp³-hybridized carbons (Fsp3) is 0.0588. The molecular formula is C17H11N3O. The van der Waals surface area contributed by atoms with E-state index >= 15 is 0 Å². The van der Waals surface area contributed by atoms with Crippen LogP contribution < -0.4 is 0 Å². The lowest BCUT2D eigenvalue weighted by molar-refractivity contribution is -0.114. The summed E-state index contributed by atoms with van der Waals surface area (Å²) in [5, 5.41) is 17.8. The van der Waals surface area contributed by atoms with Crippen molar-refractivity contribution in [1.82, 2.24) is 4.98 Å². The van der Waals surface area contributed by atoms with Gasteiger partial charge in [-0.25, -0.2) is 0 Å². The van der Waals surface area contributed by atoms with E-state index in [0.717, 1.165) is 5.56 Å². The highest BCUT2D eigenvalue weighted by Crippen LogP contribution is 2.14. The SMILES string of the molecule is N#Cc1ccc(C=CC(=O)C(C#N)c2ccccn2)cc1. The molecule has 0 saturated carbocycles. The Labute approximate surface area is 122 Å². The number of nitrogens with zero attached hydrogens (tertiary/aromatic N) is 3. The van der Waals surface area contributed by atoms with E-state index in [9.17, 15) is 4.79 Å². The monoisotopic (exact) mass is 273 g/mol. The predicted octanol–water partition coefficient (Wildman–Crippen LogP) is 2.84. The van der Waals surface area contributed by atoms with Gasteiger partial charge in [0.05, 0.1) is 23.4 Å². The third-order valence-electron chi connectivity index (χ3n) is 2.88. The van der Waals surface area contributed by atoms with E-state index in [1.165, 1.54) is 6.08 Å². The molecule has 1 atom stereocenters. The van der Waals surface area contributed by atoms with Crippen LogP contribution in [0.2, 0.25) is 0 Å². The molecule has 21 heavy (non-hydrogen) atoms. The van der Waals surface area contributed by atoms with Gasteiger partial charge >= 0.3 is 0 Å². The maximum absolute atomic E-state index is 12.1. The van der Waals surface area contributed by atoms with Crippen LogP contribution in [0.4, 0.5) is 0 Å². The lowest BCUT2D eigenvalue weighted by atomic mass is 10.00. The number of ketones is 1. The van der Waals surface area contributed by atoms with Crippen LogP contribution >= 0.6 is 0 Å². The standard InChI is InChI=1S/C17H11N3O/c18-11-14-6-4-13(5-7-14)8-9-17(21)15(12-19)16-3-1-2-10-20-16/h1-10,15H. The molecule has 0 bridgehead atoms. The predicted molar refractivity (Wildman–Crippen MR) is 77.8 cm³/mol. The molecule has 2 rings (SSSR count). The molecule has 4 heteroatoms. The van der Waals surface area contributed by atoms with Crippen LogP contribution in [0.5, 0.6) is 0 Å². The van der Waals surface area contributed by atoms with Gasteiger partial charge in [-0.15, -0.1) is 0 Å². The Bertz CT molecular complexity index is 734. The normalized spacial score (nSPS) is 11.5. The van der Waals surface area contributed by atoms with Gasteiger partial charge in [-0.2, -0.15) is 10.5 Å². The van der Waals surface area contributed by atoms with Gasteiger partial charge in [0, 0.05) is 6.20 Å². The first-order chi connectivity index (χ1) is 10.2. The van der Waals surface area contributed by atoms with E-state index < -0.39 is 5.92 Å². The highest BCUT2D eigenvalue weighted by molar-refractivity contribution is 6.00. The number of hydrogen-bond acceptors (Lipinski definition) is 4. The van der Waals surface area contributed by atoms with Crippen LogP contribution in [0, 0.1) is 22.7 Å². The Morgan fingerprint density at radius 3 is 2.48 bits per heavy atom. The molecule has 0 aliphatic heterocycles. The summed E-state index contributed by atoms with van der Waals surface area (Å²) in [7, 11) is 0. The second kappa shape index (κ2) is 6.79. The molecule has 4 nitrogen and oxygen atoms in total. The van der Waals surface area contributed by atoms with Crippen molar-refractivity contribution in [2.24, 2.45) is 0 Å². The second-order valence-electron chi connectivity index (χ2n) is 4.29. The summed E-state index contributed by atoms with van der Waals surface area (Å²) in [5.41, 5.74) is 1.79. The van der Waals surface area contributed by atoms with E-state index in [-0.39, 0.29) is 5.78 Å². The van der Waals surface area contributed by atoms with Crippen molar-refractivity contribution >= 4 is 11.9 Å². The molecule has 0 amide bonds. The van der Waals surface area contributed by atoms with E-state index in [1.807, 2.05) is 12.1 Å².